The molecule has 1 aliphatic carbocycles. The number of nitrogens with one attached hydrogen (secondary N) is 2. The molecule has 0 amide bonds. The number of nitrogens with zero attached hydrogens (tertiary/aromatic N) is 4. The number of aromatic nitrogens is 3. The Balaban J connectivity index is 1.19. The molecule has 1 saturated carbocycles. The van der Waals surface area contributed by atoms with E-state index < -0.39 is 0 Å². The molecule has 0 unspecified atom stereocenters. The standard InChI is InChI=1S/C26H32N6/c1-31(2)25-22-9-5-6-10-23(22)29-26(30-25)28-20-14-12-19(13-15-20)27-17-21-16-18-8-4-7-11-24(18)32(21)3/h4-11,16,19-20,27H,12-15,17H2,1-3H3,(H,28,29,30)/t19-,20+. The summed E-state index contributed by atoms with van der Waals surface area (Å²) >= 11 is 0. The summed E-state index contributed by atoms with van der Waals surface area (Å²) in [5.74, 6) is 1.70. The fourth-order valence-electron chi connectivity index (χ4n) is 4.85. The highest BCUT2D eigenvalue weighted by Crippen LogP contribution is 2.26. The SMILES string of the molecule is CN(C)c1nc(N[C@H]2CC[C@@H](NCc3cc4ccccc4n3C)CC2)nc2ccccc12. The van der Waals surface area contributed by atoms with Gasteiger partial charge in [0.2, 0.25) is 5.95 Å². The topological polar surface area (TPSA) is 58.0 Å². The minimum absolute atomic E-state index is 0.418. The Morgan fingerprint density at radius 1 is 0.938 bits per heavy atom. The van der Waals surface area contributed by atoms with Crippen LogP contribution in [0.15, 0.2) is 54.6 Å². The van der Waals surface area contributed by atoms with E-state index in [9.17, 15) is 0 Å². The summed E-state index contributed by atoms with van der Waals surface area (Å²) in [7, 11) is 6.22. The first-order valence-electron chi connectivity index (χ1n) is 11.6. The quantitative estimate of drug-likeness (QED) is 0.466. The van der Waals surface area contributed by atoms with Gasteiger partial charge in [-0.15, -0.1) is 0 Å². The van der Waals surface area contributed by atoms with Gasteiger partial charge in [-0.05, 0) is 55.3 Å². The van der Waals surface area contributed by atoms with Gasteiger partial charge in [0.15, 0.2) is 0 Å². The lowest BCUT2D eigenvalue weighted by atomic mass is 9.91. The first-order valence-corrected chi connectivity index (χ1v) is 11.6. The van der Waals surface area contributed by atoms with Crippen molar-refractivity contribution in [3.63, 3.8) is 0 Å². The van der Waals surface area contributed by atoms with Crippen LogP contribution >= 0.6 is 0 Å². The van der Waals surface area contributed by atoms with Crippen LogP contribution < -0.4 is 15.5 Å². The minimum Gasteiger partial charge on any atom is -0.362 e. The number of hydrogen-bond acceptors (Lipinski definition) is 5. The van der Waals surface area contributed by atoms with E-state index >= 15 is 0 Å². The molecule has 0 bridgehead atoms. The molecule has 0 aliphatic heterocycles. The predicted molar refractivity (Wildman–Crippen MR) is 133 cm³/mol. The van der Waals surface area contributed by atoms with Crippen LogP contribution in [0.2, 0.25) is 0 Å². The molecule has 2 aromatic heterocycles. The smallest absolute Gasteiger partial charge is 0.225 e. The van der Waals surface area contributed by atoms with E-state index in [0.717, 1.165) is 54.9 Å². The van der Waals surface area contributed by atoms with E-state index in [1.165, 1.54) is 16.6 Å². The molecule has 2 N–H and O–H groups in total. The van der Waals surface area contributed by atoms with Gasteiger partial charge in [0.05, 0.1) is 5.52 Å². The summed E-state index contributed by atoms with van der Waals surface area (Å²) in [5.41, 5.74) is 3.62. The molecule has 1 aliphatic rings. The zero-order chi connectivity index (χ0) is 22.1. The van der Waals surface area contributed by atoms with Crippen molar-refractivity contribution in [1.82, 2.24) is 19.9 Å². The predicted octanol–water partition coefficient (Wildman–Crippen LogP) is 4.70. The van der Waals surface area contributed by atoms with Crippen molar-refractivity contribution in [2.24, 2.45) is 7.05 Å². The Labute approximate surface area is 189 Å². The molecule has 0 radical (unpaired) electrons. The maximum atomic E-state index is 4.81. The molecule has 0 atom stereocenters. The minimum atomic E-state index is 0.418. The average Bonchev–Trinajstić information content (AvgIpc) is 3.13. The highest BCUT2D eigenvalue weighted by molar-refractivity contribution is 5.90. The first kappa shape index (κ1) is 20.8. The molecular formula is C26H32N6. The molecule has 166 valence electrons. The number of rotatable bonds is 6. The van der Waals surface area contributed by atoms with Crippen molar-refractivity contribution in [2.75, 3.05) is 24.3 Å². The maximum Gasteiger partial charge on any atom is 0.225 e. The Hall–Kier alpha value is -3.12. The van der Waals surface area contributed by atoms with Gasteiger partial charge < -0.3 is 20.1 Å². The Morgan fingerprint density at radius 3 is 2.44 bits per heavy atom. The van der Waals surface area contributed by atoms with Crippen LogP contribution in [0.25, 0.3) is 21.8 Å². The van der Waals surface area contributed by atoms with Gasteiger partial charge in [-0.2, -0.15) is 4.98 Å². The van der Waals surface area contributed by atoms with Gasteiger partial charge in [-0.3, -0.25) is 0 Å². The summed E-state index contributed by atoms with van der Waals surface area (Å²) in [6.45, 7) is 0.911. The second-order valence-corrected chi connectivity index (χ2v) is 9.11. The largest absolute Gasteiger partial charge is 0.362 e. The molecule has 4 aromatic rings. The molecule has 6 nitrogen and oxygen atoms in total. The zero-order valence-corrected chi connectivity index (χ0v) is 19.2. The van der Waals surface area contributed by atoms with Gasteiger partial charge in [-0.1, -0.05) is 30.3 Å². The maximum absolute atomic E-state index is 4.81. The third-order valence-electron chi connectivity index (χ3n) is 6.69. The van der Waals surface area contributed by atoms with E-state index in [-0.39, 0.29) is 0 Å². The van der Waals surface area contributed by atoms with Crippen LogP contribution in [-0.2, 0) is 13.6 Å². The molecule has 6 heteroatoms. The van der Waals surface area contributed by atoms with E-state index in [1.807, 2.05) is 26.2 Å². The third-order valence-corrected chi connectivity index (χ3v) is 6.69. The Kier molecular flexibility index (Phi) is 5.70. The highest BCUT2D eigenvalue weighted by Gasteiger charge is 2.22. The van der Waals surface area contributed by atoms with Crippen molar-refractivity contribution in [1.29, 1.82) is 0 Å². The lowest BCUT2D eigenvalue weighted by Gasteiger charge is -2.30. The van der Waals surface area contributed by atoms with Crippen LogP contribution in [0.1, 0.15) is 31.4 Å². The summed E-state index contributed by atoms with van der Waals surface area (Å²) < 4.78 is 2.30. The van der Waals surface area contributed by atoms with Gasteiger partial charge in [0.25, 0.3) is 0 Å². The molecule has 0 spiro atoms. The Bertz CT molecular complexity index is 1220. The van der Waals surface area contributed by atoms with E-state index in [0.29, 0.717) is 12.1 Å². The number of fused-ring (bicyclic) bond motifs is 2. The summed E-state index contributed by atoms with van der Waals surface area (Å²) in [4.78, 5) is 11.6. The zero-order valence-electron chi connectivity index (χ0n) is 19.2. The molecule has 0 saturated heterocycles. The first-order chi connectivity index (χ1) is 15.6. The van der Waals surface area contributed by atoms with Crippen molar-refractivity contribution in [3.8, 4) is 0 Å². The Morgan fingerprint density at radius 2 is 1.66 bits per heavy atom. The number of anilines is 2. The van der Waals surface area contributed by atoms with Crippen LogP contribution in [0.4, 0.5) is 11.8 Å². The van der Waals surface area contributed by atoms with Crippen LogP contribution in [0.5, 0.6) is 0 Å². The van der Waals surface area contributed by atoms with Crippen molar-refractivity contribution < 1.29 is 0 Å². The number of hydrogen-bond donors (Lipinski definition) is 2. The van der Waals surface area contributed by atoms with Gasteiger partial charge in [-0.25, -0.2) is 4.98 Å². The summed E-state index contributed by atoms with van der Waals surface area (Å²) in [6.07, 6.45) is 4.58. The fraction of sp³-hybridized carbons (Fsp3) is 0.385. The molecule has 32 heavy (non-hydrogen) atoms. The normalized spacial score (nSPS) is 18.8. The molecule has 2 aromatic carbocycles. The van der Waals surface area contributed by atoms with Gasteiger partial charge >= 0.3 is 0 Å². The number of benzene rings is 2. The monoisotopic (exact) mass is 428 g/mol. The molecule has 1 fully saturated rings. The van der Waals surface area contributed by atoms with Crippen LogP contribution in [-0.4, -0.2) is 40.7 Å². The van der Waals surface area contributed by atoms with Crippen LogP contribution in [0.3, 0.4) is 0 Å². The molecule has 5 rings (SSSR count). The third kappa shape index (κ3) is 4.15. The lowest BCUT2D eigenvalue weighted by Crippen LogP contribution is -2.37. The lowest BCUT2D eigenvalue weighted by molar-refractivity contribution is 0.350. The fourth-order valence-corrected chi connectivity index (χ4v) is 4.85. The molecule has 2 heterocycles. The van der Waals surface area contributed by atoms with Gasteiger partial charge in [0.1, 0.15) is 5.82 Å². The van der Waals surface area contributed by atoms with Crippen molar-refractivity contribution in [3.05, 3.63) is 60.3 Å². The average molecular weight is 429 g/mol. The second-order valence-electron chi connectivity index (χ2n) is 9.11. The van der Waals surface area contributed by atoms with E-state index in [4.69, 9.17) is 9.97 Å². The second kappa shape index (κ2) is 8.79. The summed E-state index contributed by atoms with van der Waals surface area (Å²) in [5, 5.41) is 9.79. The number of para-hydroxylation sites is 2. The van der Waals surface area contributed by atoms with E-state index in [1.54, 1.807) is 0 Å². The van der Waals surface area contributed by atoms with Gasteiger partial charge in [0, 0.05) is 56.4 Å². The molecular weight excluding hydrogens is 396 g/mol. The number of aryl methyl sites for hydroxylation is 1. The van der Waals surface area contributed by atoms with E-state index in [2.05, 4.69) is 69.6 Å². The van der Waals surface area contributed by atoms with Crippen molar-refractivity contribution >= 4 is 33.6 Å². The van der Waals surface area contributed by atoms with Crippen LogP contribution in [0, 0.1) is 0 Å². The summed E-state index contributed by atoms with van der Waals surface area (Å²) in [6, 6.07) is 20.1. The van der Waals surface area contributed by atoms with Crippen molar-refractivity contribution in [2.45, 2.75) is 44.3 Å². The highest BCUT2D eigenvalue weighted by atomic mass is 15.2.